The smallest absolute Gasteiger partial charge is 0.320 e. The lowest BCUT2D eigenvalue weighted by Crippen LogP contribution is -2.28. The summed E-state index contributed by atoms with van der Waals surface area (Å²) in [5.74, 6) is -3.10. The van der Waals surface area contributed by atoms with E-state index in [2.05, 4.69) is 10.1 Å². The van der Waals surface area contributed by atoms with Gasteiger partial charge in [-0.2, -0.15) is 0 Å². The van der Waals surface area contributed by atoms with Crippen LogP contribution in [0.2, 0.25) is 0 Å². The lowest BCUT2D eigenvalue weighted by atomic mass is 10.2. The third kappa shape index (κ3) is 5.30. The van der Waals surface area contributed by atoms with Crippen LogP contribution in [0, 0.1) is 0 Å². The first-order valence-electron chi connectivity index (χ1n) is 5.78. The summed E-state index contributed by atoms with van der Waals surface area (Å²) in [5.41, 5.74) is 6.28. The summed E-state index contributed by atoms with van der Waals surface area (Å²) in [6.07, 6.45) is 0. The van der Waals surface area contributed by atoms with Gasteiger partial charge >= 0.3 is 5.97 Å². The number of anilines is 2. The molecule has 8 nitrogen and oxygen atoms in total. The van der Waals surface area contributed by atoms with Crippen LogP contribution in [0.3, 0.4) is 0 Å². The fraction of sp³-hybridized carbons (Fsp3) is 0.333. The molecule has 0 fully saturated rings. The molecule has 0 saturated heterocycles. The molecule has 0 aliphatic heterocycles. The zero-order valence-corrected chi connectivity index (χ0v) is 12.4. The lowest BCUT2D eigenvalue weighted by molar-refractivity contribution is -0.137. The van der Waals surface area contributed by atoms with Crippen LogP contribution in [0.4, 0.5) is 11.4 Å². The average molecular weight is 316 g/mol. The highest BCUT2D eigenvalue weighted by Gasteiger charge is 2.21. The molecule has 0 aliphatic carbocycles. The summed E-state index contributed by atoms with van der Waals surface area (Å²) in [6.45, 7) is 0. The molecule has 1 rings (SSSR count). The standard InChI is InChI=1S/C12H16N2O6S/c1-19-10-5-8(13)3-4-9(10)14-11(15)6-21(17,18)7-12(16)20-2/h3-5H,6-7,13H2,1-2H3,(H,14,15). The molecule has 9 heteroatoms. The minimum atomic E-state index is -3.89. The second-order valence-electron chi connectivity index (χ2n) is 4.12. The first-order chi connectivity index (χ1) is 9.77. The number of nitrogens with two attached hydrogens (primary N) is 1. The van der Waals surface area contributed by atoms with Gasteiger partial charge in [0.15, 0.2) is 9.84 Å². The van der Waals surface area contributed by atoms with Crippen molar-refractivity contribution in [3.63, 3.8) is 0 Å². The van der Waals surface area contributed by atoms with Gasteiger partial charge in [-0.1, -0.05) is 0 Å². The fourth-order valence-corrected chi connectivity index (χ4v) is 2.54. The van der Waals surface area contributed by atoms with Crippen molar-refractivity contribution in [2.75, 3.05) is 36.8 Å². The molecule has 0 aromatic heterocycles. The van der Waals surface area contributed by atoms with Gasteiger partial charge in [0, 0.05) is 11.8 Å². The van der Waals surface area contributed by atoms with E-state index in [1.165, 1.54) is 25.3 Å². The minimum Gasteiger partial charge on any atom is -0.494 e. The second-order valence-corrected chi connectivity index (χ2v) is 6.18. The monoisotopic (exact) mass is 316 g/mol. The third-order valence-electron chi connectivity index (χ3n) is 2.42. The highest BCUT2D eigenvalue weighted by molar-refractivity contribution is 7.92. The van der Waals surface area contributed by atoms with Crippen LogP contribution in [-0.2, 0) is 24.2 Å². The lowest BCUT2D eigenvalue weighted by Gasteiger charge is -2.10. The summed E-state index contributed by atoms with van der Waals surface area (Å²) >= 11 is 0. The molecule has 3 N–H and O–H groups in total. The van der Waals surface area contributed by atoms with Gasteiger partial charge < -0.3 is 20.5 Å². The minimum absolute atomic E-state index is 0.282. The third-order valence-corrected chi connectivity index (χ3v) is 3.79. The highest BCUT2D eigenvalue weighted by Crippen LogP contribution is 2.26. The zero-order valence-electron chi connectivity index (χ0n) is 11.6. The topological polar surface area (TPSA) is 125 Å². The number of carbonyl (C=O) groups is 2. The molecule has 116 valence electrons. The fourth-order valence-electron chi connectivity index (χ4n) is 1.49. The number of benzene rings is 1. The number of hydrogen-bond donors (Lipinski definition) is 2. The number of methoxy groups -OCH3 is 2. The van der Waals surface area contributed by atoms with E-state index in [-0.39, 0.29) is 5.69 Å². The molecule has 0 spiro atoms. The van der Waals surface area contributed by atoms with E-state index in [4.69, 9.17) is 10.5 Å². The number of rotatable bonds is 6. The van der Waals surface area contributed by atoms with E-state index < -0.39 is 33.2 Å². The number of esters is 1. The van der Waals surface area contributed by atoms with Gasteiger partial charge in [-0.05, 0) is 12.1 Å². The van der Waals surface area contributed by atoms with E-state index >= 15 is 0 Å². The van der Waals surface area contributed by atoms with E-state index in [0.29, 0.717) is 11.4 Å². The maximum atomic E-state index is 11.7. The Bertz CT molecular complexity index is 641. The van der Waals surface area contributed by atoms with Crippen molar-refractivity contribution < 1.29 is 27.5 Å². The predicted molar refractivity (Wildman–Crippen MR) is 76.7 cm³/mol. The van der Waals surface area contributed by atoms with E-state index in [9.17, 15) is 18.0 Å². The second kappa shape index (κ2) is 6.93. The first kappa shape index (κ1) is 16.8. The van der Waals surface area contributed by atoms with Gasteiger partial charge in [-0.3, -0.25) is 9.59 Å². The molecular formula is C12H16N2O6S. The van der Waals surface area contributed by atoms with Crippen LogP contribution in [0.5, 0.6) is 5.75 Å². The molecule has 0 heterocycles. The Morgan fingerprint density at radius 3 is 2.48 bits per heavy atom. The largest absolute Gasteiger partial charge is 0.494 e. The Labute approximate surface area is 122 Å². The van der Waals surface area contributed by atoms with Crippen LogP contribution < -0.4 is 15.8 Å². The number of sulfone groups is 1. The van der Waals surface area contributed by atoms with Gasteiger partial charge in [0.05, 0.1) is 19.9 Å². The van der Waals surface area contributed by atoms with Crippen molar-refractivity contribution >= 4 is 33.1 Å². The van der Waals surface area contributed by atoms with Crippen molar-refractivity contribution in [1.29, 1.82) is 0 Å². The number of nitrogen functional groups attached to an aromatic ring is 1. The van der Waals surface area contributed by atoms with Crippen molar-refractivity contribution in [1.82, 2.24) is 0 Å². The van der Waals surface area contributed by atoms with Crippen molar-refractivity contribution in [3.05, 3.63) is 18.2 Å². The van der Waals surface area contributed by atoms with Gasteiger partial charge in [-0.25, -0.2) is 8.42 Å². The Balaban J connectivity index is 2.76. The van der Waals surface area contributed by atoms with Gasteiger partial charge in [-0.15, -0.1) is 0 Å². The van der Waals surface area contributed by atoms with Crippen molar-refractivity contribution in [2.24, 2.45) is 0 Å². The molecule has 0 bridgehead atoms. The summed E-state index contributed by atoms with van der Waals surface area (Å²) in [4.78, 5) is 22.7. The number of nitrogens with one attached hydrogen (secondary N) is 1. The molecule has 1 aromatic rings. The van der Waals surface area contributed by atoms with E-state index in [1.54, 1.807) is 0 Å². The van der Waals surface area contributed by atoms with Crippen molar-refractivity contribution in [3.8, 4) is 5.75 Å². The first-order valence-corrected chi connectivity index (χ1v) is 7.60. The Kier molecular flexibility index (Phi) is 5.53. The zero-order chi connectivity index (χ0) is 16.0. The molecule has 0 saturated carbocycles. The Morgan fingerprint density at radius 2 is 1.90 bits per heavy atom. The van der Waals surface area contributed by atoms with Crippen molar-refractivity contribution in [2.45, 2.75) is 0 Å². The summed E-state index contributed by atoms with van der Waals surface area (Å²) in [6, 6.07) is 4.50. The molecule has 21 heavy (non-hydrogen) atoms. The van der Waals surface area contributed by atoms with Crippen LogP contribution in [0.15, 0.2) is 18.2 Å². The van der Waals surface area contributed by atoms with E-state index in [0.717, 1.165) is 7.11 Å². The maximum absolute atomic E-state index is 11.7. The SMILES string of the molecule is COC(=O)CS(=O)(=O)CC(=O)Nc1ccc(N)cc1OC. The number of carbonyl (C=O) groups excluding carboxylic acids is 2. The molecule has 0 aliphatic rings. The van der Waals surface area contributed by atoms with Crippen LogP contribution >= 0.6 is 0 Å². The molecule has 1 amide bonds. The molecule has 0 unspecified atom stereocenters. The predicted octanol–water partition coefficient (Wildman–Crippen LogP) is -0.196. The van der Waals surface area contributed by atoms with Crippen LogP contribution in [0.1, 0.15) is 0 Å². The maximum Gasteiger partial charge on any atom is 0.320 e. The molecule has 0 atom stereocenters. The molecule has 1 aromatic carbocycles. The highest BCUT2D eigenvalue weighted by atomic mass is 32.2. The molecule has 0 radical (unpaired) electrons. The summed E-state index contributed by atoms with van der Waals surface area (Å²) in [5, 5.41) is 2.39. The van der Waals surface area contributed by atoms with Gasteiger partial charge in [0.2, 0.25) is 5.91 Å². The Hall–Kier alpha value is -2.29. The van der Waals surface area contributed by atoms with E-state index in [1.807, 2.05) is 0 Å². The van der Waals surface area contributed by atoms with Crippen LogP contribution in [0.25, 0.3) is 0 Å². The number of ether oxygens (including phenoxy) is 2. The number of amides is 1. The molecular weight excluding hydrogens is 300 g/mol. The van der Waals surface area contributed by atoms with Gasteiger partial charge in [0.25, 0.3) is 0 Å². The number of hydrogen-bond acceptors (Lipinski definition) is 7. The summed E-state index contributed by atoms with van der Waals surface area (Å²) in [7, 11) is -1.44. The quantitative estimate of drug-likeness (QED) is 0.550. The Morgan fingerprint density at radius 1 is 1.24 bits per heavy atom. The summed E-state index contributed by atoms with van der Waals surface area (Å²) < 4.78 is 32.5. The normalized spacial score (nSPS) is 10.8. The van der Waals surface area contributed by atoms with Gasteiger partial charge in [0.1, 0.15) is 17.3 Å². The average Bonchev–Trinajstić information content (AvgIpc) is 2.39. The van der Waals surface area contributed by atoms with Crippen LogP contribution in [-0.4, -0.2) is 46.0 Å².